The van der Waals surface area contributed by atoms with Gasteiger partial charge in [0.05, 0.1) is 5.03 Å². The largest absolute Gasteiger partial charge is 0.383 e. The van der Waals surface area contributed by atoms with Crippen LogP contribution >= 0.6 is 11.8 Å². The minimum Gasteiger partial charge on any atom is -0.383 e. The zero-order valence-electron chi connectivity index (χ0n) is 5.78. The lowest BCUT2D eigenvalue weighted by Gasteiger charge is -1.99. The van der Waals surface area contributed by atoms with Crippen molar-refractivity contribution < 1.29 is 0 Å². The van der Waals surface area contributed by atoms with Crippen molar-refractivity contribution in [1.82, 2.24) is 9.55 Å². The monoisotopic (exact) mass is 169 g/mol. The lowest BCUT2D eigenvalue weighted by Crippen LogP contribution is -2.22. The highest BCUT2D eigenvalue weighted by Gasteiger charge is 2.12. The number of nitrogen functional groups attached to an aromatic ring is 1. The van der Waals surface area contributed by atoms with Crippen LogP contribution in [0.25, 0.3) is 0 Å². The van der Waals surface area contributed by atoms with Gasteiger partial charge in [0, 0.05) is 18.4 Å². The summed E-state index contributed by atoms with van der Waals surface area (Å²) >= 11 is 1.64. The number of hydrogen-bond donors (Lipinski definition) is 1. The van der Waals surface area contributed by atoms with Gasteiger partial charge in [0.25, 0.3) is 0 Å². The Morgan fingerprint density at radius 3 is 3.36 bits per heavy atom. The molecular weight excluding hydrogens is 162 g/mol. The van der Waals surface area contributed by atoms with Gasteiger partial charge < -0.3 is 5.73 Å². The molecule has 1 aromatic heterocycles. The van der Waals surface area contributed by atoms with Gasteiger partial charge in [-0.15, -0.1) is 11.8 Å². The van der Waals surface area contributed by atoms with Crippen LogP contribution < -0.4 is 11.4 Å². The molecule has 0 fully saturated rings. The first kappa shape index (κ1) is 6.72. The third-order valence-corrected chi connectivity index (χ3v) is 2.58. The maximum atomic E-state index is 11.1. The molecule has 0 bridgehead atoms. The molecule has 0 amide bonds. The Morgan fingerprint density at radius 2 is 2.55 bits per heavy atom. The lowest BCUT2D eigenvalue weighted by atomic mass is 10.6. The average Bonchev–Trinajstić information content (AvgIpc) is 2.34. The second-order valence-electron chi connectivity index (χ2n) is 2.30. The summed E-state index contributed by atoms with van der Waals surface area (Å²) in [5.74, 6) is 1.26. The van der Waals surface area contributed by atoms with Gasteiger partial charge in [0.2, 0.25) is 0 Å². The van der Waals surface area contributed by atoms with E-state index in [-0.39, 0.29) is 5.69 Å². The van der Waals surface area contributed by atoms with Crippen LogP contribution in [0.5, 0.6) is 0 Å². The second kappa shape index (κ2) is 2.27. The first-order chi connectivity index (χ1) is 5.27. The second-order valence-corrected chi connectivity index (χ2v) is 3.42. The summed E-state index contributed by atoms with van der Waals surface area (Å²) in [6.45, 7) is 0.756. The third-order valence-electron chi connectivity index (χ3n) is 1.56. The van der Waals surface area contributed by atoms with E-state index in [9.17, 15) is 4.79 Å². The summed E-state index contributed by atoms with van der Waals surface area (Å²) in [5.41, 5.74) is 5.16. The van der Waals surface area contributed by atoms with Crippen LogP contribution in [0.1, 0.15) is 0 Å². The molecule has 4 nitrogen and oxygen atoms in total. The summed E-state index contributed by atoms with van der Waals surface area (Å²) in [5, 5.41) is 0.933. The summed E-state index contributed by atoms with van der Waals surface area (Å²) in [6.07, 6.45) is 0. The zero-order valence-corrected chi connectivity index (χ0v) is 6.60. The fraction of sp³-hybridized carbons (Fsp3) is 0.333. The fourth-order valence-electron chi connectivity index (χ4n) is 1.07. The summed E-state index contributed by atoms with van der Waals surface area (Å²) in [6, 6.07) is 1.74. The van der Waals surface area contributed by atoms with Crippen molar-refractivity contribution in [3.63, 3.8) is 0 Å². The number of anilines is 1. The van der Waals surface area contributed by atoms with Crippen molar-refractivity contribution in [2.45, 2.75) is 11.6 Å². The van der Waals surface area contributed by atoms with Crippen LogP contribution in [-0.2, 0) is 6.54 Å². The van der Waals surface area contributed by atoms with Gasteiger partial charge >= 0.3 is 5.69 Å². The van der Waals surface area contributed by atoms with E-state index < -0.39 is 0 Å². The van der Waals surface area contributed by atoms with Crippen molar-refractivity contribution in [2.24, 2.45) is 0 Å². The van der Waals surface area contributed by atoms with E-state index in [4.69, 9.17) is 5.73 Å². The van der Waals surface area contributed by atoms with Gasteiger partial charge in [-0.2, -0.15) is 4.98 Å². The molecule has 2 N–H and O–H groups in total. The maximum absolute atomic E-state index is 11.1. The molecule has 0 saturated heterocycles. The highest BCUT2D eigenvalue weighted by Crippen LogP contribution is 2.23. The topological polar surface area (TPSA) is 60.9 Å². The molecule has 0 aliphatic carbocycles. The van der Waals surface area contributed by atoms with Crippen molar-refractivity contribution >= 4 is 17.6 Å². The van der Waals surface area contributed by atoms with Crippen molar-refractivity contribution in [3.05, 3.63) is 16.6 Å². The van der Waals surface area contributed by atoms with Gasteiger partial charge in [-0.1, -0.05) is 0 Å². The fourth-order valence-corrected chi connectivity index (χ4v) is 2.08. The van der Waals surface area contributed by atoms with E-state index in [2.05, 4.69) is 4.98 Å². The van der Waals surface area contributed by atoms with Gasteiger partial charge in [-0.25, -0.2) is 4.79 Å². The highest BCUT2D eigenvalue weighted by atomic mass is 32.2. The van der Waals surface area contributed by atoms with E-state index in [1.165, 1.54) is 0 Å². The molecule has 2 rings (SSSR count). The Morgan fingerprint density at radius 1 is 1.73 bits per heavy atom. The van der Waals surface area contributed by atoms with Crippen LogP contribution in [0.15, 0.2) is 15.9 Å². The first-order valence-electron chi connectivity index (χ1n) is 3.27. The Balaban J connectivity index is 2.70. The number of aromatic nitrogens is 2. The van der Waals surface area contributed by atoms with Crippen LogP contribution in [0.4, 0.5) is 5.82 Å². The Kier molecular flexibility index (Phi) is 1.38. The van der Waals surface area contributed by atoms with Crippen LogP contribution in [0.3, 0.4) is 0 Å². The molecule has 1 aliphatic rings. The standard InChI is InChI=1S/C6H7N3OS/c7-4-3-5-9(1-2-11-5)6(10)8-4/h3H,1-2H2,(H2,7,8,10). The minimum atomic E-state index is -0.231. The normalized spacial score (nSPS) is 14.9. The molecule has 5 heteroatoms. The van der Waals surface area contributed by atoms with Crippen LogP contribution in [0, 0.1) is 0 Å². The SMILES string of the molecule is Nc1cc2n(c(=O)n1)CCS2. The molecule has 0 unspecified atom stereocenters. The minimum absolute atomic E-state index is 0.231. The number of fused-ring (bicyclic) bond motifs is 1. The van der Waals surface area contributed by atoms with Gasteiger partial charge in [-0.05, 0) is 0 Å². The van der Waals surface area contributed by atoms with Crippen molar-refractivity contribution in [3.8, 4) is 0 Å². The predicted octanol–water partition coefficient (Wildman–Crippen LogP) is -0.0688. The highest BCUT2D eigenvalue weighted by molar-refractivity contribution is 7.99. The molecule has 0 saturated carbocycles. The predicted molar refractivity (Wildman–Crippen MR) is 43.6 cm³/mol. The number of thioether (sulfide) groups is 1. The Hall–Kier alpha value is -0.970. The molecule has 1 aromatic rings. The summed E-state index contributed by atoms with van der Waals surface area (Å²) in [4.78, 5) is 14.7. The van der Waals surface area contributed by atoms with Crippen LogP contribution in [0.2, 0.25) is 0 Å². The molecule has 1 aliphatic heterocycles. The summed E-state index contributed by atoms with van der Waals surface area (Å²) in [7, 11) is 0. The van der Waals surface area contributed by atoms with E-state index in [1.54, 1.807) is 22.4 Å². The number of hydrogen-bond acceptors (Lipinski definition) is 4. The smallest absolute Gasteiger partial charge is 0.350 e. The maximum Gasteiger partial charge on any atom is 0.350 e. The quantitative estimate of drug-likeness (QED) is 0.552. The van der Waals surface area contributed by atoms with Gasteiger partial charge in [-0.3, -0.25) is 4.57 Å². The molecule has 0 aromatic carbocycles. The van der Waals surface area contributed by atoms with Crippen molar-refractivity contribution in [2.75, 3.05) is 11.5 Å². The molecule has 11 heavy (non-hydrogen) atoms. The molecule has 0 radical (unpaired) electrons. The molecular formula is C6H7N3OS. The average molecular weight is 169 g/mol. The third kappa shape index (κ3) is 1.01. The lowest BCUT2D eigenvalue weighted by molar-refractivity contribution is 0.667. The molecule has 2 heterocycles. The van der Waals surface area contributed by atoms with Crippen LogP contribution in [-0.4, -0.2) is 15.3 Å². The van der Waals surface area contributed by atoms with E-state index >= 15 is 0 Å². The van der Waals surface area contributed by atoms with Crippen molar-refractivity contribution in [1.29, 1.82) is 0 Å². The molecule has 0 atom stereocenters. The van der Waals surface area contributed by atoms with Gasteiger partial charge in [0.1, 0.15) is 5.82 Å². The van der Waals surface area contributed by atoms with E-state index in [0.29, 0.717) is 5.82 Å². The Bertz CT molecular complexity index is 346. The number of nitrogens with two attached hydrogens (primary N) is 1. The molecule has 0 spiro atoms. The zero-order chi connectivity index (χ0) is 7.84. The number of nitrogens with zero attached hydrogens (tertiary/aromatic N) is 2. The number of rotatable bonds is 0. The summed E-state index contributed by atoms with van der Waals surface area (Å²) < 4.78 is 1.64. The molecule has 58 valence electrons. The Labute approximate surface area is 67.4 Å². The van der Waals surface area contributed by atoms with Gasteiger partial charge in [0.15, 0.2) is 0 Å². The van der Waals surface area contributed by atoms with E-state index in [1.807, 2.05) is 0 Å². The van der Waals surface area contributed by atoms with E-state index in [0.717, 1.165) is 17.3 Å². The first-order valence-corrected chi connectivity index (χ1v) is 4.26.